The second-order valence-corrected chi connectivity index (χ2v) is 19.0. The number of nitrogens with two attached hydrogens (primary N) is 1. The number of carbonyl (C=O) groups excluding carboxylic acids is 7. The summed E-state index contributed by atoms with van der Waals surface area (Å²) >= 11 is 5.76. The van der Waals surface area contributed by atoms with Gasteiger partial charge in [0.15, 0.2) is 0 Å². The van der Waals surface area contributed by atoms with Gasteiger partial charge < -0.3 is 62.7 Å². The first-order valence-electron chi connectivity index (χ1n) is 23.6. The fourth-order valence-electron chi connectivity index (χ4n) is 8.60. The zero-order valence-electron chi connectivity index (χ0n) is 39.9. The minimum absolute atomic E-state index is 0.0412. The number of thioether (sulfide) groups is 1. The molecule has 1 aliphatic heterocycles. The standard InChI is InChI=1S/C50H62N10O10S2/c1-28(61)43(59-45(64)38(21-29-11-4-3-5-12-29)55-42(62)26-54-44(63)34(51)22-30-24-52-35-15-8-6-13-32(30)35)48(67)58-40(27-71)46(65)57-39(23-31-25-53-36-16-9-7-14-33(31)36)49(68)60-19-10-17-41(60)47(66)56-37(50(69)70)18-20-72-2/h3-9,11-16,24-25,28,34,37-41,43,52-53,61,71H,10,17-23,26-27,51H2,1-2H3,(H,54,63)(H,55,62)(H,56,66)(H,57,65)(H,58,67)(H,59,64)(H,69,70)/t28-,34+,37+,38+,39+,40+,41+,43+/m1/s1. The quantitative estimate of drug-likeness (QED) is 0.0360. The molecule has 0 spiro atoms. The molecule has 0 radical (unpaired) electrons. The van der Waals surface area contributed by atoms with E-state index < -0.39 is 102 Å². The van der Waals surface area contributed by atoms with Gasteiger partial charge in [0.2, 0.25) is 41.4 Å². The number of aliphatic carboxylic acids is 1. The molecular formula is C50H62N10O10S2. The number of H-pyrrole nitrogens is 2. The van der Waals surface area contributed by atoms with E-state index in [1.807, 2.05) is 54.8 Å². The van der Waals surface area contributed by atoms with Crippen LogP contribution in [-0.4, -0.2) is 152 Å². The van der Waals surface area contributed by atoms with Crippen LogP contribution < -0.4 is 37.6 Å². The van der Waals surface area contributed by atoms with Crippen LogP contribution >= 0.6 is 24.4 Å². The van der Waals surface area contributed by atoms with Gasteiger partial charge in [-0.3, -0.25) is 33.6 Å². The predicted octanol–water partition coefficient (Wildman–Crippen LogP) is 0.684. The molecular weight excluding hydrogens is 965 g/mol. The molecule has 7 amide bonds. The van der Waals surface area contributed by atoms with Crippen molar-refractivity contribution in [2.45, 2.75) is 93.8 Å². The third-order valence-corrected chi connectivity index (χ3v) is 13.5. The van der Waals surface area contributed by atoms with Gasteiger partial charge in [-0.15, -0.1) is 0 Å². The van der Waals surface area contributed by atoms with E-state index in [1.54, 1.807) is 42.7 Å². The maximum Gasteiger partial charge on any atom is 0.326 e. The Bertz CT molecular complexity index is 2720. The minimum atomic E-state index is -1.66. The van der Waals surface area contributed by atoms with E-state index in [-0.39, 0.29) is 44.4 Å². The minimum Gasteiger partial charge on any atom is -0.480 e. The van der Waals surface area contributed by atoms with E-state index in [0.29, 0.717) is 23.3 Å². The molecule has 12 N–H and O–H groups in total. The number of aliphatic hydroxyl groups is 1. The Balaban J connectivity index is 1.13. The number of amides is 7. The number of hydrogen-bond donors (Lipinski definition) is 12. The summed E-state index contributed by atoms with van der Waals surface area (Å²) in [6, 6.07) is 14.7. The molecule has 3 heterocycles. The first kappa shape index (κ1) is 54.5. The largest absolute Gasteiger partial charge is 0.480 e. The number of aromatic nitrogens is 2. The van der Waals surface area contributed by atoms with Gasteiger partial charge in [0, 0.05) is 59.3 Å². The molecule has 0 aliphatic carbocycles. The van der Waals surface area contributed by atoms with Crippen molar-refractivity contribution < 1.29 is 48.6 Å². The second-order valence-electron chi connectivity index (χ2n) is 17.7. The molecule has 0 unspecified atom stereocenters. The Morgan fingerprint density at radius 1 is 0.736 bits per heavy atom. The number of carboxylic acid groups (broad SMARTS) is 1. The van der Waals surface area contributed by atoms with Crippen LogP contribution in [0.4, 0.5) is 0 Å². The van der Waals surface area contributed by atoms with E-state index >= 15 is 0 Å². The lowest BCUT2D eigenvalue weighted by molar-refractivity contribution is -0.145. The lowest BCUT2D eigenvalue weighted by atomic mass is 10.0. The number of aliphatic hydroxyl groups excluding tert-OH is 1. The van der Waals surface area contributed by atoms with Gasteiger partial charge in [-0.25, -0.2) is 4.79 Å². The number of nitrogens with zero attached hydrogens (tertiary/aromatic N) is 1. The molecule has 1 aliphatic rings. The summed E-state index contributed by atoms with van der Waals surface area (Å²) in [6.07, 6.45) is 4.73. The zero-order chi connectivity index (χ0) is 51.9. The lowest BCUT2D eigenvalue weighted by Crippen LogP contribution is -2.62. The number of aromatic amines is 2. The van der Waals surface area contributed by atoms with Crippen molar-refractivity contribution in [2.75, 3.05) is 30.9 Å². The Morgan fingerprint density at radius 3 is 1.94 bits per heavy atom. The van der Waals surface area contributed by atoms with E-state index in [0.717, 1.165) is 27.4 Å². The van der Waals surface area contributed by atoms with Crippen molar-refractivity contribution in [2.24, 2.45) is 5.73 Å². The molecule has 0 saturated carbocycles. The smallest absolute Gasteiger partial charge is 0.326 e. The summed E-state index contributed by atoms with van der Waals surface area (Å²) in [5, 5.41) is 37.8. The molecule has 2 aromatic heterocycles. The van der Waals surface area contributed by atoms with Crippen LogP contribution in [0.2, 0.25) is 0 Å². The molecule has 72 heavy (non-hydrogen) atoms. The van der Waals surface area contributed by atoms with Gasteiger partial charge in [0.1, 0.15) is 36.3 Å². The van der Waals surface area contributed by atoms with Crippen molar-refractivity contribution in [3.63, 3.8) is 0 Å². The van der Waals surface area contributed by atoms with Crippen molar-refractivity contribution in [1.29, 1.82) is 0 Å². The number of fused-ring (bicyclic) bond motifs is 2. The van der Waals surface area contributed by atoms with Crippen molar-refractivity contribution in [1.82, 2.24) is 46.8 Å². The van der Waals surface area contributed by atoms with Gasteiger partial charge in [-0.2, -0.15) is 24.4 Å². The summed E-state index contributed by atoms with van der Waals surface area (Å²) in [5.41, 5.74) is 9.99. The molecule has 1 saturated heterocycles. The topological polar surface area (TPSA) is 310 Å². The van der Waals surface area contributed by atoms with Gasteiger partial charge in [0.25, 0.3) is 0 Å². The van der Waals surface area contributed by atoms with Crippen LogP contribution in [0.3, 0.4) is 0 Å². The molecule has 8 atom stereocenters. The summed E-state index contributed by atoms with van der Waals surface area (Å²) in [4.78, 5) is 116. The van der Waals surface area contributed by atoms with Crippen LogP contribution in [0, 0.1) is 0 Å². The number of carbonyl (C=O) groups is 8. The van der Waals surface area contributed by atoms with Gasteiger partial charge in [-0.1, -0.05) is 66.7 Å². The van der Waals surface area contributed by atoms with Crippen molar-refractivity contribution in [3.05, 3.63) is 108 Å². The van der Waals surface area contributed by atoms with Gasteiger partial charge in [0.05, 0.1) is 18.7 Å². The average molecular weight is 1030 g/mol. The number of likely N-dealkylation sites (tertiary alicyclic amines) is 1. The number of benzene rings is 3. The Hall–Kier alpha value is -6.88. The van der Waals surface area contributed by atoms with E-state index in [9.17, 15) is 48.6 Å². The average Bonchev–Trinajstić information content (AvgIpc) is 4.14. The Kier molecular flexibility index (Phi) is 19.7. The normalized spacial score (nSPS) is 16.3. The molecule has 1 fully saturated rings. The van der Waals surface area contributed by atoms with Crippen LogP contribution in [0.1, 0.15) is 42.9 Å². The maximum absolute atomic E-state index is 14.5. The van der Waals surface area contributed by atoms with Gasteiger partial charge >= 0.3 is 5.97 Å². The highest BCUT2D eigenvalue weighted by molar-refractivity contribution is 7.98. The van der Waals surface area contributed by atoms with Crippen molar-refractivity contribution >= 4 is 93.5 Å². The monoisotopic (exact) mass is 1030 g/mol. The number of para-hydroxylation sites is 2. The SMILES string of the molecule is CSCC[C@H](NC(=O)[C@@H]1CCCN1C(=O)[C@H](Cc1c[nH]c2ccccc12)NC(=O)[C@H](CS)NC(=O)[C@@H](NC(=O)[C@H](Cc1ccccc1)NC(=O)CNC(=O)[C@@H](N)Cc1c[nH]c2ccccc12)[C@@H](C)O)C(=O)O. The highest BCUT2D eigenvalue weighted by Crippen LogP contribution is 2.24. The van der Waals surface area contributed by atoms with E-state index in [4.69, 9.17) is 5.73 Å². The number of rotatable bonds is 25. The molecule has 0 bridgehead atoms. The van der Waals surface area contributed by atoms with E-state index in [1.165, 1.54) is 23.6 Å². The summed E-state index contributed by atoms with van der Waals surface area (Å²) in [7, 11) is 0. The highest BCUT2D eigenvalue weighted by atomic mass is 32.2. The predicted molar refractivity (Wildman–Crippen MR) is 276 cm³/mol. The van der Waals surface area contributed by atoms with Crippen LogP contribution in [0.5, 0.6) is 0 Å². The Labute approximate surface area is 425 Å². The molecule has 22 heteroatoms. The zero-order valence-corrected chi connectivity index (χ0v) is 41.6. The molecule has 384 valence electrons. The molecule has 5 aromatic rings. The number of nitrogens with one attached hydrogen (secondary N) is 8. The van der Waals surface area contributed by atoms with Crippen molar-refractivity contribution in [3.8, 4) is 0 Å². The third kappa shape index (κ3) is 14.4. The second kappa shape index (κ2) is 26.0. The fourth-order valence-corrected chi connectivity index (χ4v) is 9.33. The molecule has 3 aromatic carbocycles. The summed E-state index contributed by atoms with van der Waals surface area (Å²) < 4.78 is 0. The Morgan fingerprint density at radius 2 is 1.33 bits per heavy atom. The maximum atomic E-state index is 14.5. The summed E-state index contributed by atoms with van der Waals surface area (Å²) in [6.45, 7) is 0.875. The van der Waals surface area contributed by atoms with E-state index in [2.05, 4.69) is 54.5 Å². The number of thiol groups is 1. The molecule has 20 nitrogen and oxygen atoms in total. The summed E-state index contributed by atoms with van der Waals surface area (Å²) in [5.74, 6) is -6.29. The third-order valence-electron chi connectivity index (χ3n) is 12.5. The molecule has 6 rings (SSSR count). The van der Waals surface area contributed by atoms with Gasteiger partial charge in [-0.05, 0) is 73.4 Å². The fraction of sp³-hybridized carbons (Fsp3) is 0.400. The lowest BCUT2D eigenvalue weighted by Gasteiger charge is -2.30. The van der Waals surface area contributed by atoms with Crippen LogP contribution in [0.25, 0.3) is 21.8 Å². The first-order chi connectivity index (χ1) is 34.6. The first-order valence-corrected chi connectivity index (χ1v) is 25.6. The van der Waals surface area contributed by atoms with Crippen LogP contribution in [0.15, 0.2) is 91.3 Å². The highest BCUT2D eigenvalue weighted by Gasteiger charge is 2.40. The number of carboxylic acids is 1. The number of hydrogen-bond acceptors (Lipinski definition) is 12. The van der Waals surface area contributed by atoms with Crippen LogP contribution in [-0.2, 0) is 57.6 Å².